The molecule has 0 saturated carbocycles. The van der Waals surface area contributed by atoms with Crippen LogP contribution in [0.15, 0.2) is 16.7 Å². The predicted molar refractivity (Wildman–Crippen MR) is 63.9 cm³/mol. The van der Waals surface area contributed by atoms with Crippen LogP contribution in [0.1, 0.15) is 39.4 Å². The molecule has 2 rings (SSSR count). The molecule has 2 heterocycles. The monoisotopic (exact) mass is 263 g/mol. The maximum atomic E-state index is 12.2. The highest BCUT2D eigenvalue weighted by Gasteiger charge is 2.23. The van der Waals surface area contributed by atoms with Crippen molar-refractivity contribution in [1.29, 1.82) is 0 Å². The van der Waals surface area contributed by atoms with Crippen LogP contribution < -0.4 is 0 Å². The Hall–Kier alpha value is -2.44. The number of esters is 1. The van der Waals surface area contributed by atoms with Crippen molar-refractivity contribution in [3.63, 3.8) is 0 Å². The molecule has 0 atom stereocenters. The third-order valence-electron chi connectivity index (χ3n) is 2.35. The molecule has 19 heavy (non-hydrogen) atoms. The van der Waals surface area contributed by atoms with E-state index in [0.29, 0.717) is 11.4 Å². The molecule has 0 fully saturated rings. The molecule has 0 saturated heterocycles. The predicted octanol–water partition coefficient (Wildman–Crippen LogP) is 1.35. The summed E-state index contributed by atoms with van der Waals surface area (Å²) in [5, 5.41) is 7.61. The summed E-state index contributed by atoms with van der Waals surface area (Å²) in [6.07, 6.45) is 0. The molecular formula is C12H13N3O4. The Balaban J connectivity index is 2.39. The molecule has 0 N–H and O–H groups in total. The molecule has 0 aliphatic heterocycles. The summed E-state index contributed by atoms with van der Waals surface area (Å²) < 4.78 is 10.7. The van der Waals surface area contributed by atoms with Crippen LogP contribution in [0.5, 0.6) is 0 Å². The van der Waals surface area contributed by atoms with E-state index in [2.05, 4.69) is 10.3 Å². The van der Waals surface area contributed by atoms with E-state index in [1.54, 1.807) is 20.8 Å². The summed E-state index contributed by atoms with van der Waals surface area (Å²) >= 11 is 0. The third-order valence-corrected chi connectivity index (χ3v) is 2.35. The van der Waals surface area contributed by atoms with E-state index >= 15 is 0 Å². The normalized spacial score (nSPS) is 10.5. The van der Waals surface area contributed by atoms with Crippen LogP contribution in [-0.4, -0.2) is 33.4 Å². The molecule has 0 aliphatic rings. The molecule has 2 aromatic heterocycles. The molecule has 0 radical (unpaired) electrons. The highest BCUT2D eigenvalue weighted by molar-refractivity contribution is 5.99. The van der Waals surface area contributed by atoms with Gasteiger partial charge in [-0.1, -0.05) is 5.16 Å². The summed E-state index contributed by atoms with van der Waals surface area (Å²) in [7, 11) is 0. The number of rotatable bonds is 3. The van der Waals surface area contributed by atoms with E-state index in [4.69, 9.17) is 9.26 Å². The minimum absolute atomic E-state index is 0.0196. The Morgan fingerprint density at radius 2 is 2.05 bits per heavy atom. The van der Waals surface area contributed by atoms with Crippen LogP contribution in [-0.2, 0) is 4.74 Å². The van der Waals surface area contributed by atoms with E-state index in [1.807, 2.05) is 0 Å². The van der Waals surface area contributed by atoms with Gasteiger partial charge in [-0.3, -0.25) is 4.79 Å². The molecule has 0 bridgehead atoms. The van der Waals surface area contributed by atoms with Gasteiger partial charge in [0.1, 0.15) is 0 Å². The van der Waals surface area contributed by atoms with Gasteiger partial charge in [0.05, 0.1) is 18.0 Å². The van der Waals surface area contributed by atoms with Crippen molar-refractivity contribution in [3.8, 4) is 0 Å². The Bertz CT molecular complexity index is 627. The number of ether oxygens (including phenoxy) is 1. The fourth-order valence-electron chi connectivity index (χ4n) is 1.57. The summed E-state index contributed by atoms with van der Waals surface area (Å²) in [5.74, 6) is -1.14. The van der Waals surface area contributed by atoms with Crippen LogP contribution in [0, 0.1) is 13.8 Å². The zero-order chi connectivity index (χ0) is 14.0. The van der Waals surface area contributed by atoms with E-state index < -0.39 is 11.9 Å². The molecule has 0 aromatic carbocycles. The molecule has 2 aromatic rings. The van der Waals surface area contributed by atoms with Crippen LogP contribution >= 0.6 is 0 Å². The number of nitrogens with zero attached hydrogens (tertiary/aromatic N) is 3. The number of aryl methyl sites for hydroxylation is 2. The Morgan fingerprint density at radius 3 is 2.63 bits per heavy atom. The smallest absolute Gasteiger partial charge is 0.357 e. The quantitative estimate of drug-likeness (QED) is 0.777. The number of hydrogen-bond acceptors (Lipinski definition) is 6. The summed E-state index contributed by atoms with van der Waals surface area (Å²) in [5.41, 5.74) is 1.18. The van der Waals surface area contributed by atoms with E-state index in [1.165, 1.54) is 12.1 Å². The maximum absolute atomic E-state index is 12.2. The number of aromatic nitrogens is 3. The lowest BCUT2D eigenvalue weighted by Crippen LogP contribution is -2.20. The molecular weight excluding hydrogens is 250 g/mol. The second kappa shape index (κ2) is 5.05. The highest BCUT2D eigenvalue weighted by atomic mass is 16.5. The average molecular weight is 263 g/mol. The minimum Gasteiger partial charge on any atom is -0.461 e. The average Bonchev–Trinajstić information content (AvgIpc) is 2.95. The van der Waals surface area contributed by atoms with Gasteiger partial charge in [0.25, 0.3) is 0 Å². The van der Waals surface area contributed by atoms with Gasteiger partial charge in [0.15, 0.2) is 5.69 Å². The Kier molecular flexibility index (Phi) is 3.46. The van der Waals surface area contributed by atoms with Gasteiger partial charge in [-0.05, 0) is 26.8 Å². The van der Waals surface area contributed by atoms with E-state index in [0.717, 1.165) is 4.68 Å². The van der Waals surface area contributed by atoms with Gasteiger partial charge in [0.2, 0.25) is 5.76 Å². The molecule has 0 amide bonds. The first-order valence-electron chi connectivity index (χ1n) is 5.74. The maximum Gasteiger partial charge on any atom is 0.357 e. The van der Waals surface area contributed by atoms with Gasteiger partial charge >= 0.3 is 11.9 Å². The lowest BCUT2D eigenvalue weighted by atomic mass is 10.3. The van der Waals surface area contributed by atoms with Crippen molar-refractivity contribution < 1.29 is 18.8 Å². The zero-order valence-electron chi connectivity index (χ0n) is 10.8. The van der Waals surface area contributed by atoms with Crippen molar-refractivity contribution in [2.24, 2.45) is 0 Å². The van der Waals surface area contributed by atoms with Crippen LogP contribution in [0.25, 0.3) is 0 Å². The first-order valence-corrected chi connectivity index (χ1v) is 5.74. The summed E-state index contributed by atoms with van der Waals surface area (Å²) in [4.78, 5) is 23.9. The van der Waals surface area contributed by atoms with Crippen molar-refractivity contribution >= 4 is 11.9 Å². The molecule has 7 nitrogen and oxygen atoms in total. The fraction of sp³-hybridized carbons (Fsp3) is 0.333. The second-order valence-electron chi connectivity index (χ2n) is 3.94. The number of carbonyl (C=O) groups is 2. The fourth-order valence-corrected chi connectivity index (χ4v) is 1.57. The van der Waals surface area contributed by atoms with Gasteiger partial charge in [-0.15, -0.1) is 0 Å². The van der Waals surface area contributed by atoms with Gasteiger partial charge in [-0.25, -0.2) is 4.79 Å². The van der Waals surface area contributed by atoms with Gasteiger partial charge in [0, 0.05) is 6.07 Å². The molecule has 7 heteroatoms. The lowest BCUT2D eigenvalue weighted by Gasteiger charge is -2.03. The van der Waals surface area contributed by atoms with Crippen LogP contribution in [0.4, 0.5) is 0 Å². The summed E-state index contributed by atoms with van der Waals surface area (Å²) in [6, 6.07) is 2.97. The zero-order valence-corrected chi connectivity index (χ0v) is 10.8. The number of hydrogen-bond donors (Lipinski definition) is 0. The molecule has 0 spiro atoms. The van der Waals surface area contributed by atoms with E-state index in [9.17, 15) is 9.59 Å². The van der Waals surface area contributed by atoms with Gasteiger partial charge in [-0.2, -0.15) is 9.78 Å². The summed E-state index contributed by atoms with van der Waals surface area (Å²) in [6.45, 7) is 5.28. The van der Waals surface area contributed by atoms with Crippen molar-refractivity contribution in [2.75, 3.05) is 6.61 Å². The van der Waals surface area contributed by atoms with Crippen LogP contribution in [0.2, 0.25) is 0 Å². The van der Waals surface area contributed by atoms with E-state index in [-0.39, 0.29) is 18.1 Å². The number of carbonyl (C=O) groups excluding carboxylic acids is 2. The second-order valence-corrected chi connectivity index (χ2v) is 3.94. The van der Waals surface area contributed by atoms with Crippen molar-refractivity contribution in [2.45, 2.75) is 20.8 Å². The molecule has 100 valence electrons. The van der Waals surface area contributed by atoms with Gasteiger partial charge < -0.3 is 9.26 Å². The first kappa shape index (κ1) is 13.0. The largest absolute Gasteiger partial charge is 0.461 e. The third kappa shape index (κ3) is 2.54. The first-order chi connectivity index (χ1) is 9.02. The highest BCUT2D eigenvalue weighted by Crippen LogP contribution is 2.10. The standard InChI is InChI=1S/C12H13N3O4/c1-4-18-12(17)9-5-7(2)13-15(9)11(16)10-6-8(3)14-19-10/h5-6H,4H2,1-3H3. The van der Waals surface area contributed by atoms with Crippen LogP contribution in [0.3, 0.4) is 0 Å². The topological polar surface area (TPSA) is 87.2 Å². The minimum atomic E-state index is -0.604. The van der Waals surface area contributed by atoms with Crippen molar-refractivity contribution in [1.82, 2.24) is 14.9 Å². The molecule has 0 unspecified atom stereocenters. The SMILES string of the molecule is CCOC(=O)c1cc(C)nn1C(=O)c1cc(C)no1. The van der Waals surface area contributed by atoms with Crippen molar-refractivity contribution in [3.05, 3.63) is 35.0 Å². The Labute approximate surface area is 109 Å². The molecule has 0 aliphatic carbocycles. The Morgan fingerprint density at radius 1 is 1.32 bits per heavy atom. The lowest BCUT2D eigenvalue weighted by molar-refractivity contribution is 0.0506.